The molecular weight excluding hydrogens is 871 g/mol. The maximum atomic E-state index is 7.42. The van der Waals surface area contributed by atoms with Gasteiger partial charge in [0.15, 0.2) is 8.07 Å². The van der Waals surface area contributed by atoms with Crippen molar-refractivity contribution in [2.24, 2.45) is 0 Å². The lowest BCUT2D eigenvalue weighted by Crippen LogP contribution is -2.70. The van der Waals surface area contributed by atoms with Gasteiger partial charge < -0.3 is 9.64 Å². The molecule has 5 aliphatic heterocycles. The molecule has 0 radical (unpaired) electrons. The van der Waals surface area contributed by atoms with Gasteiger partial charge in [-0.2, -0.15) is 0 Å². The number of para-hydroxylation sites is 1. The van der Waals surface area contributed by atoms with Crippen LogP contribution in [0.1, 0.15) is 97.5 Å². The average molecular weight is 926 g/mol. The number of hydrogen-bond acceptors (Lipinski definition) is 3. The number of ether oxygens (including phenoxy) is 1. The van der Waals surface area contributed by atoms with Gasteiger partial charge in [-0.25, -0.2) is 0 Å². The molecule has 0 saturated carbocycles. The highest BCUT2D eigenvalue weighted by molar-refractivity contribution is 7.99. The first-order valence-corrected chi connectivity index (χ1v) is 27.6. The van der Waals surface area contributed by atoms with Crippen molar-refractivity contribution in [3.8, 4) is 28.0 Å². The number of benzene rings is 8. The molecule has 2 nitrogen and oxygen atoms in total. The number of rotatable bonds is 1. The second-order valence-corrected chi connectivity index (χ2v) is 27.2. The van der Waals surface area contributed by atoms with Crippen molar-refractivity contribution in [3.63, 3.8) is 0 Å². The fourth-order valence-corrected chi connectivity index (χ4v) is 20.3. The third kappa shape index (κ3) is 5.40. The summed E-state index contributed by atoms with van der Waals surface area (Å²) in [6.07, 6.45) is 8.87. The first-order valence-electron chi connectivity index (χ1n) is 24.8. The molecule has 14 rings (SSSR count). The van der Waals surface area contributed by atoms with Gasteiger partial charge in [-0.1, -0.05) is 204 Å². The highest BCUT2D eigenvalue weighted by Gasteiger charge is 2.56. The molecule has 0 fully saturated rings. The van der Waals surface area contributed by atoms with E-state index in [2.05, 4.69) is 236 Å². The lowest BCUT2D eigenvalue weighted by atomic mass is 9.60. The highest BCUT2D eigenvalue weighted by atomic mass is 32.2. The molecule has 69 heavy (non-hydrogen) atoms. The normalized spacial score (nSPS) is 18.6. The van der Waals surface area contributed by atoms with Crippen molar-refractivity contribution in [1.82, 2.24) is 0 Å². The summed E-state index contributed by atoms with van der Waals surface area (Å²) in [7, 11) is -2.80. The lowest BCUT2D eigenvalue weighted by molar-refractivity contribution is 0.269. The number of fused-ring (bicyclic) bond motifs is 22. The van der Waals surface area contributed by atoms with E-state index in [1.807, 2.05) is 11.8 Å². The molecule has 8 aromatic carbocycles. The van der Waals surface area contributed by atoms with E-state index in [0.29, 0.717) is 0 Å². The molecule has 2 atom stereocenters. The van der Waals surface area contributed by atoms with Gasteiger partial charge in [0.1, 0.15) is 11.9 Å². The maximum Gasteiger partial charge on any atom is 0.182 e. The van der Waals surface area contributed by atoms with Gasteiger partial charge in [0, 0.05) is 27.0 Å². The van der Waals surface area contributed by atoms with Gasteiger partial charge in [0.2, 0.25) is 0 Å². The van der Waals surface area contributed by atoms with Gasteiger partial charge in [0.25, 0.3) is 0 Å². The molecule has 4 heteroatoms. The highest BCUT2D eigenvalue weighted by Crippen LogP contribution is 2.66. The van der Waals surface area contributed by atoms with Crippen LogP contribution in [0.2, 0.25) is 0 Å². The molecule has 1 aliphatic carbocycles. The molecule has 8 aromatic rings. The van der Waals surface area contributed by atoms with E-state index in [-0.39, 0.29) is 22.9 Å². The van der Waals surface area contributed by atoms with Gasteiger partial charge in [-0.15, -0.1) is 0 Å². The Morgan fingerprint density at radius 1 is 0.522 bits per heavy atom. The Labute approximate surface area is 412 Å². The molecule has 2 spiro atoms. The number of nitrogens with zero attached hydrogens (tertiary/aromatic N) is 1. The minimum absolute atomic E-state index is 0.0523. The number of hydrogen-bond donors (Lipinski definition) is 0. The quantitative estimate of drug-likeness (QED) is 0.152. The van der Waals surface area contributed by atoms with E-state index in [4.69, 9.17) is 4.74 Å². The summed E-state index contributed by atoms with van der Waals surface area (Å²) < 4.78 is 7.42. The zero-order chi connectivity index (χ0) is 46.9. The summed E-state index contributed by atoms with van der Waals surface area (Å²) >= 11 is 1.93. The first kappa shape index (κ1) is 41.4. The van der Waals surface area contributed by atoms with Gasteiger partial charge in [-0.05, 0) is 137 Å². The predicted molar refractivity (Wildman–Crippen MR) is 291 cm³/mol. The topological polar surface area (TPSA) is 12.5 Å². The smallest absolute Gasteiger partial charge is 0.182 e. The van der Waals surface area contributed by atoms with Crippen molar-refractivity contribution in [1.29, 1.82) is 0 Å². The van der Waals surface area contributed by atoms with Crippen LogP contribution in [0.25, 0.3) is 22.3 Å². The lowest BCUT2D eigenvalue weighted by Gasteiger charge is -2.50. The van der Waals surface area contributed by atoms with Crippen LogP contribution in [0.15, 0.2) is 186 Å². The first-order chi connectivity index (χ1) is 33.3. The van der Waals surface area contributed by atoms with E-state index < -0.39 is 13.5 Å². The minimum Gasteiger partial charge on any atom is -0.483 e. The molecule has 2 unspecified atom stereocenters. The van der Waals surface area contributed by atoms with Crippen molar-refractivity contribution >= 4 is 57.6 Å². The van der Waals surface area contributed by atoms with Crippen LogP contribution in [-0.2, 0) is 16.2 Å². The molecule has 0 N–H and O–H groups in total. The molecule has 0 saturated heterocycles. The molecule has 336 valence electrons. The number of anilines is 3. The summed E-state index contributed by atoms with van der Waals surface area (Å²) in [5.41, 5.74) is 20.1. The molecule has 6 aliphatic rings. The van der Waals surface area contributed by atoms with Crippen LogP contribution in [0.5, 0.6) is 5.75 Å². The molecule has 5 heterocycles. The summed E-state index contributed by atoms with van der Waals surface area (Å²) in [4.78, 5) is 5.24. The Kier molecular flexibility index (Phi) is 8.41. The third-order valence-corrected chi connectivity index (χ3v) is 22.6. The van der Waals surface area contributed by atoms with Crippen LogP contribution in [0, 0.1) is 13.8 Å². The molecular formula is C65H55NOSSi. The summed E-state index contributed by atoms with van der Waals surface area (Å²) in [5.74, 6) is 1.13. The van der Waals surface area contributed by atoms with E-state index in [0.717, 1.165) is 11.4 Å². The molecule has 0 amide bonds. The van der Waals surface area contributed by atoms with Crippen molar-refractivity contribution in [2.75, 3.05) is 4.90 Å². The Bertz CT molecular complexity index is 3540. The number of aryl methyl sites for hydroxylation is 2. The van der Waals surface area contributed by atoms with E-state index in [9.17, 15) is 0 Å². The maximum absolute atomic E-state index is 7.42. The predicted octanol–water partition coefficient (Wildman–Crippen LogP) is 13.8. The average Bonchev–Trinajstić information content (AvgIpc) is 3.96. The van der Waals surface area contributed by atoms with E-state index >= 15 is 0 Å². The standard InChI is InChI=1S/C65H55NOSSi/c1-38-21-26-45-46-27-22-39(2)34-59(46)69(58(45)33-38)57-20-14-10-16-44(57)47-28-25-42(37-60(47)69)66-53-18-12-11-17-49(53)65(50-30-29-48-43-15-9-13-19-54(43)67-62(48)61(50)66)51-35-40(63(3,4)5)23-31-55(51)68-56-32-24-41(36-52(56)65)64(6,7)8/h9-37,43,54H,1-8H3. The van der Waals surface area contributed by atoms with Crippen LogP contribution in [-0.4, -0.2) is 14.2 Å². The monoisotopic (exact) mass is 925 g/mol. The number of allylic oxidation sites excluding steroid dienone is 2. The van der Waals surface area contributed by atoms with E-state index in [1.54, 1.807) is 0 Å². The van der Waals surface area contributed by atoms with Crippen LogP contribution in [0.4, 0.5) is 17.1 Å². The van der Waals surface area contributed by atoms with Gasteiger partial charge in [0.05, 0.1) is 16.8 Å². The largest absolute Gasteiger partial charge is 0.483 e. The fraction of sp³-hybridized carbons (Fsp3) is 0.200. The van der Waals surface area contributed by atoms with Crippen LogP contribution in [0.3, 0.4) is 0 Å². The van der Waals surface area contributed by atoms with Crippen LogP contribution >= 0.6 is 11.8 Å². The van der Waals surface area contributed by atoms with Crippen molar-refractivity contribution < 1.29 is 4.74 Å². The third-order valence-electron chi connectivity index (χ3n) is 16.5. The Hall–Kier alpha value is -6.59. The zero-order valence-electron chi connectivity index (χ0n) is 40.7. The van der Waals surface area contributed by atoms with Crippen molar-refractivity contribution in [3.05, 3.63) is 226 Å². The molecule has 0 bridgehead atoms. The fourth-order valence-electron chi connectivity index (χ4n) is 13.3. The van der Waals surface area contributed by atoms with Gasteiger partial charge in [-0.3, -0.25) is 0 Å². The summed E-state index contributed by atoms with van der Waals surface area (Å²) in [6, 6.07) is 60.3. The Morgan fingerprint density at radius 3 is 1.77 bits per heavy atom. The molecule has 0 aromatic heterocycles. The Balaban J connectivity index is 1.11. The SMILES string of the molecule is Cc1ccc2c(c1)[Si]1(c3ccccc3-c3ccc(N4c5ccccc5C5(c6cc(C(C)(C)C)ccc6Sc6ccc(C(C)(C)C)cc65)c5ccc6c(c54)OC4C=CC=CC64)cc31)c1cc(C)ccc1-2. The zero-order valence-corrected chi connectivity index (χ0v) is 42.5. The van der Waals surface area contributed by atoms with E-state index in [1.165, 1.54) is 114 Å². The second kappa shape index (κ2) is 14.0. The Morgan fingerprint density at radius 2 is 1.10 bits per heavy atom. The van der Waals surface area contributed by atoms with Crippen LogP contribution < -0.4 is 30.4 Å². The summed E-state index contributed by atoms with van der Waals surface area (Å²) in [6.45, 7) is 18.6. The van der Waals surface area contributed by atoms with Crippen molar-refractivity contribution in [2.45, 2.75) is 93.4 Å². The minimum atomic E-state index is -2.80. The second-order valence-electron chi connectivity index (χ2n) is 22.5. The summed E-state index contributed by atoms with van der Waals surface area (Å²) in [5, 5.41) is 5.98. The van der Waals surface area contributed by atoms with Gasteiger partial charge >= 0.3 is 0 Å².